The lowest BCUT2D eigenvalue weighted by atomic mass is 9.92. The Labute approximate surface area is 101 Å². The van der Waals surface area contributed by atoms with Crippen molar-refractivity contribution in [1.29, 1.82) is 0 Å². The van der Waals surface area contributed by atoms with Gasteiger partial charge in [-0.1, -0.05) is 15.9 Å². The minimum atomic E-state index is -1.03. The summed E-state index contributed by atoms with van der Waals surface area (Å²) in [6, 6.07) is 4.40. The van der Waals surface area contributed by atoms with E-state index >= 15 is 0 Å². The van der Waals surface area contributed by atoms with Gasteiger partial charge in [-0.2, -0.15) is 0 Å². The number of aliphatic hydroxyl groups excluding tert-OH is 1. The molecule has 0 saturated heterocycles. The zero-order chi connectivity index (χ0) is 11.9. The Morgan fingerprint density at radius 3 is 2.88 bits per heavy atom. The van der Waals surface area contributed by atoms with E-state index in [1.807, 2.05) is 0 Å². The highest BCUT2D eigenvalue weighted by Gasteiger charge is 2.60. The molecule has 16 heavy (non-hydrogen) atoms. The molecule has 2 rings (SSSR count). The van der Waals surface area contributed by atoms with Crippen molar-refractivity contribution in [2.24, 2.45) is 11.7 Å². The van der Waals surface area contributed by atoms with Crippen molar-refractivity contribution in [2.45, 2.75) is 11.8 Å². The monoisotopic (exact) mass is 287 g/mol. The molecule has 1 amide bonds. The summed E-state index contributed by atoms with van der Waals surface area (Å²) in [6.45, 7) is -0.158. The molecule has 0 aliphatic heterocycles. The molecule has 1 aromatic rings. The van der Waals surface area contributed by atoms with Gasteiger partial charge in [0.05, 0.1) is 5.41 Å². The van der Waals surface area contributed by atoms with Crippen molar-refractivity contribution in [3.05, 3.63) is 34.1 Å². The van der Waals surface area contributed by atoms with Gasteiger partial charge in [0.1, 0.15) is 5.82 Å². The predicted octanol–water partition coefficient (Wildman–Crippen LogP) is 1.32. The summed E-state index contributed by atoms with van der Waals surface area (Å²) >= 11 is 3.23. The van der Waals surface area contributed by atoms with Gasteiger partial charge >= 0.3 is 0 Å². The summed E-state index contributed by atoms with van der Waals surface area (Å²) in [5, 5.41) is 9.07. The zero-order valence-corrected chi connectivity index (χ0v) is 10.00. The van der Waals surface area contributed by atoms with Crippen LogP contribution in [0.3, 0.4) is 0 Å². The third-order valence-electron chi connectivity index (χ3n) is 3.17. The largest absolute Gasteiger partial charge is 0.396 e. The topological polar surface area (TPSA) is 63.3 Å². The van der Waals surface area contributed by atoms with Crippen LogP contribution in [-0.4, -0.2) is 17.6 Å². The number of carbonyl (C=O) groups is 1. The van der Waals surface area contributed by atoms with Crippen LogP contribution < -0.4 is 5.73 Å². The summed E-state index contributed by atoms with van der Waals surface area (Å²) in [6.07, 6.45) is 0.409. The molecule has 2 unspecified atom stereocenters. The van der Waals surface area contributed by atoms with Gasteiger partial charge in [0.25, 0.3) is 0 Å². The van der Waals surface area contributed by atoms with Crippen LogP contribution in [-0.2, 0) is 10.2 Å². The number of aliphatic hydroxyl groups is 1. The summed E-state index contributed by atoms with van der Waals surface area (Å²) in [7, 11) is 0. The van der Waals surface area contributed by atoms with E-state index in [2.05, 4.69) is 15.9 Å². The third-order valence-corrected chi connectivity index (χ3v) is 3.67. The first kappa shape index (κ1) is 11.5. The molecule has 5 heteroatoms. The first-order valence-corrected chi connectivity index (χ1v) is 5.68. The summed E-state index contributed by atoms with van der Waals surface area (Å²) in [5.74, 6) is -1.31. The Kier molecular flexibility index (Phi) is 2.75. The van der Waals surface area contributed by atoms with Gasteiger partial charge in [0, 0.05) is 22.6 Å². The van der Waals surface area contributed by atoms with Crippen LogP contribution in [0.2, 0.25) is 0 Å². The number of hydrogen-bond acceptors (Lipinski definition) is 2. The van der Waals surface area contributed by atoms with E-state index in [-0.39, 0.29) is 18.1 Å². The quantitative estimate of drug-likeness (QED) is 0.881. The lowest BCUT2D eigenvalue weighted by molar-refractivity contribution is -0.121. The molecule has 3 nitrogen and oxygen atoms in total. The van der Waals surface area contributed by atoms with Gasteiger partial charge in [-0.3, -0.25) is 4.79 Å². The van der Waals surface area contributed by atoms with Crippen molar-refractivity contribution >= 4 is 21.8 Å². The van der Waals surface area contributed by atoms with Crippen LogP contribution in [0.1, 0.15) is 12.0 Å². The Hall–Kier alpha value is -0.940. The number of hydrogen-bond donors (Lipinski definition) is 2. The van der Waals surface area contributed by atoms with Gasteiger partial charge in [-0.05, 0) is 24.6 Å². The van der Waals surface area contributed by atoms with Crippen molar-refractivity contribution in [1.82, 2.24) is 0 Å². The molecular formula is C11H11BrFNO2. The van der Waals surface area contributed by atoms with E-state index in [0.29, 0.717) is 10.9 Å². The number of primary amides is 1. The highest BCUT2D eigenvalue weighted by atomic mass is 79.9. The number of amides is 1. The molecule has 3 N–H and O–H groups in total. The fourth-order valence-corrected chi connectivity index (χ4v) is 2.51. The summed E-state index contributed by atoms with van der Waals surface area (Å²) in [5.41, 5.74) is 4.56. The van der Waals surface area contributed by atoms with E-state index < -0.39 is 17.1 Å². The Morgan fingerprint density at radius 2 is 2.38 bits per heavy atom. The number of rotatable bonds is 3. The first-order valence-electron chi connectivity index (χ1n) is 4.88. The van der Waals surface area contributed by atoms with Crippen molar-refractivity contribution in [3.63, 3.8) is 0 Å². The molecule has 1 aliphatic carbocycles. The third kappa shape index (κ3) is 1.55. The molecule has 0 radical (unpaired) electrons. The summed E-state index contributed by atoms with van der Waals surface area (Å²) in [4.78, 5) is 11.4. The fraction of sp³-hybridized carbons (Fsp3) is 0.364. The van der Waals surface area contributed by atoms with Crippen molar-refractivity contribution < 1.29 is 14.3 Å². The van der Waals surface area contributed by atoms with Crippen LogP contribution in [0.15, 0.2) is 22.7 Å². The molecule has 1 saturated carbocycles. The molecule has 86 valence electrons. The number of halogens is 2. The molecule has 0 spiro atoms. The zero-order valence-electron chi connectivity index (χ0n) is 8.41. The van der Waals surface area contributed by atoms with E-state index in [4.69, 9.17) is 10.8 Å². The van der Waals surface area contributed by atoms with Crippen LogP contribution in [0.4, 0.5) is 4.39 Å². The second-order valence-electron chi connectivity index (χ2n) is 4.04. The molecule has 2 atom stereocenters. The van der Waals surface area contributed by atoms with Gasteiger partial charge in [-0.25, -0.2) is 4.39 Å². The Morgan fingerprint density at radius 1 is 1.69 bits per heavy atom. The molecule has 1 aliphatic rings. The molecule has 0 heterocycles. The van der Waals surface area contributed by atoms with Crippen LogP contribution in [0.25, 0.3) is 0 Å². The van der Waals surface area contributed by atoms with E-state index in [1.165, 1.54) is 6.07 Å². The maximum Gasteiger partial charge on any atom is 0.228 e. The molecule has 1 aromatic carbocycles. The van der Waals surface area contributed by atoms with Gasteiger partial charge in [0.2, 0.25) is 5.91 Å². The molecule has 0 aromatic heterocycles. The molecule has 0 bridgehead atoms. The predicted molar refractivity (Wildman–Crippen MR) is 60.2 cm³/mol. The van der Waals surface area contributed by atoms with Gasteiger partial charge in [-0.15, -0.1) is 0 Å². The van der Waals surface area contributed by atoms with Crippen LogP contribution in [0, 0.1) is 11.7 Å². The maximum atomic E-state index is 13.7. The van der Waals surface area contributed by atoms with E-state index in [0.717, 1.165) is 0 Å². The van der Waals surface area contributed by atoms with Crippen LogP contribution in [0.5, 0.6) is 0 Å². The average molecular weight is 288 g/mol. The Bertz CT molecular complexity index is 452. The Balaban J connectivity index is 2.50. The maximum absolute atomic E-state index is 13.7. The first-order chi connectivity index (χ1) is 7.52. The number of benzene rings is 1. The van der Waals surface area contributed by atoms with E-state index in [1.54, 1.807) is 12.1 Å². The minimum Gasteiger partial charge on any atom is -0.396 e. The van der Waals surface area contributed by atoms with Gasteiger partial charge < -0.3 is 10.8 Å². The smallest absolute Gasteiger partial charge is 0.228 e. The standard InChI is InChI=1S/C11H11BrFNO2/c12-7-1-2-9(13)8(3-7)11(10(14)16)4-6(11)5-15/h1-3,6,15H,4-5H2,(H2,14,16). The SMILES string of the molecule is NC(=O)C1(c2cc(Br)ccc2F)CC1CO. The minimum absolute atomic E-state index is 0.158. The lowest BCUT2D eigenvalue weighted by Crippen LogP contribution is -2.32. The van der Waals surface area contributed by atoms with E-state index in [9.17, 15) is 9.18 Å². The highest BCUT2D eigenvalue weighted by Crippen LogP contribution is 2.54. The molecular weight excluding hydrogens is 277 g/mol. The van der Waals surface area contributed by atoms with Gasteiger partial charge in [0.15, 0.2) is 0 Å². The molecule has 1 fully saturated rings. The number of nitrogens with two attached hydrogens (primary N) is 1. The normalized spacial score (nSPS) is 27.8. The summed E-state index contributed by atoms with van der Waals surface area (Å²) < 4.78 is 14.4. The van der Waals surface area contributed by atoms with Crippen molar-refractivity contribution in [2.75, 3.05) is 6.61 Å². The highest BCUT2D eigenvalue weighted by molar-refractivity contribution is 9.10. The second kappa shape index (κ2) is 3.82. The van der Waals surface area contributed by atoms with Crippen LogP contribution >= 0.6 is 15.9 Å². The lowest BCUT2D eigenvalue weighted by Gasteiger charge is -2.14. The fourth-order valence-electron chi connectivity index (χ4n) is 2.15. The van der Waals surface area contributed by atoms with Crippen molar-refractivity contribution in [3.8, 4) is 0 Å². The average Bonchev–Trinajstić information content (AvgIpc) is 2.97. The number of carbonyl (C=O) groups excluding carboxylic acids is 1. The second-order valence-corrected chi connectivity index (χ2v) is 4.96.